The second kappa shape index (κ2) is 6.33. The second-order valence-corrected chi connectivity index (χ2v) is 6.10. The van der Waals surface area contributed by atoms with Crippen molar-refractivity contribution in [1.29, 1.82) is 0 Å². The van der Waals surface area contributed by atoms with Crippen LogP contribution in [0.2, 0.25) is 0 Å². The topological polar surface area (TPSA) is 42.1 Å². The Bertz CT molecular complexity index is 621. The number of hydrogen-bond donors (Lipinski definition) is 1. The highest BCUT2D eigenvalue weighted by Crippen LogP contribution is 2.29. The van der Waals surface area contributed by atoms with Gasteiger partial charge in [0, 0.05) is 29.1 Å². The molecule has 1 aromatic heterocycles. The lowest BCUT2D eigenvalue weighted by Crippen LogP contribution is -2.08. The molecule has 1 fully saturated rings. The molecule has 0 aliphatic heterocycles. The molecule has 0 unspecified atom stereocenters. The van der Waals surface area contributed by atoms with Gasteiger partial charge in [0.1, 0.15) is 5.75 Å². The van der Waals surface area contributed by atoms with Crippen LogP contribution in [0.3, 0.4) is 0 Å². The van der Waals surface area contributed by atoms with E-state index in [1.54, 1.807) is 7.11 Å². The van der Waals surface area contributed by atoms with Gasteiger partial charge in [-0.05, 0) is 24.1 Å². The molecule has 21 heavy (non-hydrogen) atoms. The lowest BCUT2D eigenvalue weighted by Gasteiger charge is -2.12. The number of Topliss-reactive ketones (excluding diaryl/α,β-unsaturated/α-hetero) is 1. The van der Waals surface area contributed by atoms with E-state index >= 15 is 0 Å². The molecule has 3 nitrogen and oxygen atoms in total. The number of carbonyl (C=O) groups excluding carboxylic acids is 1. The van der Waals surface area contributed by atoms with Crippen LogP contribution in [0.25, 0.3) is 10.9 Å². The van der Waals surface area contributed by atoms with E-state index in [0.717, 1.165) is 22.2 Å². The summed E-state index contributed by atoms with van der Waals surface area (Å²) in [6.45, 7) is 0. The van der Waals surface area contributed by atoms with E-state index in [-0.39, 0.29) is 5.78 Å². The second-order valence-electron chi connectivity index (χ2n) is 6.10. The molecule has 0 radical (unpaired) electrons. The third kappa shape index (κ3) is 3.12. The van der Waals surface area contributed by atoms with Gasteiger partial charge in [-0.2, -0.15) is 0 Å². The number of ketones is 1. The molecule has 3 heteroatoms. The van der Waals surface area contributed by atoms with Crippen molar-refractivity contribution in [2.24, 2.45) is 5.92 Å². The standard InChI is InChI=1S/C18H23NO2/c1-21-14-8-9-17-15(11-14)16(12-19-17)18(20)10-13-6-4-2-3-5-7-13/h8-9,11-13,19H,2-7,10H2,1H3. The lowest BCUT2D eigenvalue weighted by molar-refractivity contribution is 0.0958. The molecule has 1 aliphatic carbocycles. The average Bonchev–Trinajstić information content (AvgIpc) is 2.76. The van der Waals surface area contributed by atoms with Crippen molar-refractivity contribution < 1.29 is 9.53 Å². The highest BCUT2D eigenvalue weighted by molar-refractivity contribution is 6.08. The molecule has 0 amide bonds. The van der Waals surface area contributed by atoms with Gasteiger partial charge in [-0.15, -0.1) is 0 Å². The maximum atomic E-state index is 12.6. The van der Waals surface area contributed by atoms with Crippen molar-refractivity contribution in [2.45, 2.75) is 44.9 Å². The van der Waals surface area contributed by atoms with Gasteiger partial charge < -0.3 is 9.72 Å². The van der Waals surface area contributed by atoms with E-state index in [1.165, 1.54) is 38.5 Å². The van der Waals surface area contributed by atoms with Gasteiger partial charge in [-0.1, -0.05) is 38.5 Å². The molecule has 1 aromatic carbocycles. The van der Waals surface area contributed by atoms with Gasteiger partial charge in [-0.3, -0.25) is 4.79 Å². The Morgan fingerprint density at radius 1 is 1.24 bits per heavy atom. The van der Waals surface area contributed by atoms with Crippen LogP contribution in [-0.4, -0.2) is 17.9 Å². The molecule has 1 saturated carbocycles. The van der Waals surface area contributed by atoms with Crippen LogP contribution in [0.15, 0.2) is 24.4 Å². The van der Waals surface area contributed by atoms with Crippen LogP contribution in [0.4, 0.5) is 0 Å². The number of nitrogens with one attached hydrogen (secondary N) is 1. The van der Waals surface area contributed by atoms with Crippen molar-refractivity contribution in [2.75, 3.05) is 7.11 Å². The summed E-state index contributed by atoms with van der Waals surface area (Å²) in [5.74, 6) is 1.63. The number of methoxy groups -OCH3 is 1. The normalized spacial score (nSPS) is 16.8. The van der Waals surface area contributed by atoms with Gasteiger partial charge in [0.2, 0.25) is 0 Å². The monoisotopic (exact) mass is 285 g/mol. The molecule has 0 bridgehead atoms. The number of aromatic amines is 1. The fraction of sp³-hybridized carbons (Fsp3) is 0.500. The summed E-state index contributed by atoms with van der Waals surface area (Å²) in [6, 6.07) is 5.83. The summed E-state index contributed by atoms with van der Waals surface area (Å²) in [5.41, 5.74) is 1.81. The molecule has 3 rings (SSSR count). The molecule has 0 spiro atoms. The summed E-state index contributed by atoms with van der Waals surface area (Å²) in [4.78, 5) is 15.8. The fourth-order valence-corrected chi connectivity index (χ4v) is 3.40. The molecule has 1 aliphatic rings. The van der Waals surface area contributed by atoms with Crippen LogP contribution in [-0.2, 0) is 0 Å². The largest absolute Gasteiger partial charge is 0.497 e. The van der Waals surface area contributed by atoms with Crippen molar-refractivity contribution in [3.8, 4) is 5.75 Å². The highest BCUT2D eigenvalue weighted by atomic mass is 16.5. The first-order chi connectivity index (χ1) is 10.3. The maximum Gasteiger partial charge on any atom is 0.165 e. The Kier molecular flexibility index (Phi) is 4.28. The molecule has 112 valence electrons. The molecule has 0 saturated heterocycles. The van der Waals surface area contributed by atoms with Crippen LogP contribution in [0, 0.1) is 5.92 Å². The minimum atomic E-state index is 0.265. The number of benzene rings is 1. The number of H-pyrrole nitrogens is 1. The third-order valence-electron chi connectivity index (χ3n) is 4.64. The van der Waals surface area contributed by atoms with Crippen molar-refractivity contribution in [1.82, 2.24) is 4.98 Å². The Morgan fingerprint density at radius 3 is 2.71 bits per heavy atom. The minimum Gasteiger partial charge on any atom is -0.497 e. The molecule has 0 atom stereocenters. The average molecular weight is 285 g/mol. The quantitative estimate of drug-likeness (QED) is 0.652. The number of aromatic nitrogens is 1. The number of hydrogen-bond acceptors (Lipinski definition) is 2. The summed E-state index contributed by atoms with van der Waals surface area (Å²) in [7, 11) is 1.65. The van der Waals surface area contributed by atoms with E-state index in [2.05, 4.69) is 4.98 Å². The smallest absolute Gasteiger partial charge is 0.165 e. The SMILES string of the molecule is COc1ccc2[nH]cc(C(=O)CC3CCCCCC3)c2c1. The number of fused-ring (bicyclic) bond motifs is 1. The van der Waals surface area contributed by atoms with E-state index in [0.29, 0.717) is 12.3 Å². The zero-order valence-corrected chi connectivity index (χ0v) is 12.7. The Morgan fingerprint density at radius 2 is 2.00 bits per heavy atom. The molecule has 1 N–H and O–H groups in total. The van der Waals surface area contributed by atoms with Crippen molar-refractivity contribution >= 4 is 16.7 Å². The number of ether oxygens (including phenoxy) is 1. The highest BCUT2D eigenvalue weighted by Gasteiger charge is 2.19. The van der Waals surface area contributed by atoms with Gasteiger partial charge >= 0.3 is 0 Å². The lowest BCUT2D eigenvalue weighted by atomic mass is 9.92. The predicted octanol–water partition coefficient (Wildman–Crippen LogP) is 4.72. The molecule has 2 aromatic rings. The van der Waals surface area contributed by atoms with Gasteiger partial charge in [0.15, 0.2) is 5.78 Å². The Balaban J connectivity index is 1.80. The van der Waals surface area contributed by atoms with E-state index in [4.69, 9.17) is 4.74 Å². The Labute approximate surface area is 125 Å². The third-order valence-corrected chi connectivity index (χ3v) is 4.64. The first-order valence-electron chi connectivity index (χ1n) is 7.96. The van der Waals surface area contributed by atoms with E-state index in [1.807, 2.05) is 24.4 Å². The van der Waals surface area contributed by atoms with Gasteiger partial charge in [0.25, 0.3) is 0 Å². The van der Waals surface area contributed by atoms with Gasteiger partial charge in [0.05, 0.1) is 7.11 Å². The predicted molar refractivity (Wildman–Crippen MR) is 85.0 cm³/mol. The zero-order chi connectivity index (χ0) is 14.7. The molecular weight excluding hydrogens is 262 g/mol. The van der Waals surface area contributed by atoms with Crippen molar-refractivity contribution in [3.63, 3.8) is 0 Å². The summed E-state index contributed by atoms with van der Waals surface area (Å²) in [6.07, 6.45) is 10.2. The first-order valence-corrected chi connectivity index (χ1v) is 7.96. The van der Waals surface area contributed by atoms with E-state index < -0.39 is 0 Å². The summed E-state index contributed by atoms with van der Waals surface area (Å²) in [5, 5.41) is 0.980. The maximum absolute atomic E-state index is 12.6. The fourth-order valence-electron chi connectivity index (χ4n) is 3.40. The Hall–Kier alpha value is -1.77. The van der Waals surface area contributed by atoms with E-state index in [9.17, 15) is 4.79 Å². The van der Waals surface area contributed by atoms with Crippen LogP contribution >= 0.6 is 0 Å². The molecular formula is C18H23NO2. The summed E-state index contributed by atoms with van der Waals surface area (Å²) < 4.78 is 5.27. The van der Waals surface area contributed by atoms with Crippen LogP contribution in [0.5, 0.6) is 5.75 Å². The van der Waals surface area contributed by atoms with Crippen LogP contribution < -0.4 is 4.74 Å². The minimum absolute atomic E-state index is 0.265. The zero-order valence-electron chi connectivity index (χ0n) is 12.7. The number of carbonyl (C=O) groups is 1. The summed E-state index contributed by atoms with van der Waals surface area (Å²) >= 11 is 0. The van der Waals surface area contributed by atoms with Crippen molar-refractivity contribution in [3.05, 3.63) is 30.0 Å². The van der Waals surface area contributed by atoms with Crippen LogP contribution in [0.1, 0.15) is 55.3 Å². The molecule has 1 heterocycles. The number of rotatable bonds is 4. The van der Waals surface area contributed by atoms with Gasteiger partial charge in [-0.25, -0.2) is 0 Å². The first kappa shape index (κ1) is 14.2.